The van der Waals surface area contributed by atoms with Crippen molar-refractivity contribution in [2.24, 2.45) is 0 Å². The molecule has 0 saturated carbocycles. The molecule has 4 atom stereocenters. The minimum Gasteiger partial charge on any atom is -0.394 e. The molecule has 0 fully saturated rings. The predicted octanol–water partition coefficient (Wildman–Crippen LogP) is 1.76. The van der Waals surface area contributed by atoms with E-state index in [4.69, 9.17) is 4.74 Å². The van der Waals surface area contributed by atoms with Gasteiger partial charge in [0.2, 0.25) is 5.91 Å². The third-order valence-corrected chi connectivity index (χ3v) is 4.75. The molecule has 1 aromatic heterocycles. The summed E-state index contributed by atoms with van der Waals surface area (Å²) in [7, 11) is 0. The van der Waals surface area contributed by atoms with Crippen molar-refractivity contribution in [3.8, 4) is 0 Å². The molecule has 2 amide bonds. The second-order valence-corrected chi connectivity index (χ2v) is 6.93. The molecule has 0 bridgehead atoms. The van der Waals surface area contributed by atoms with Crippen LogP contribution < -0.4 is 10.6 Å². The number of carbonyl (C=O) groups is 2. The average molecular weight is 395 g/mol. The summed E-state index contributed by atoms with van der Waals surface area (Å²) < 4.78 is 5.81. The van der Waals surface area contributed by atoms with Crippen LogP contribution in [0.1, 0.15) is 35.3 Å². The third-order valence-electron chi connectivity index (χ3n) is 4.75. The monoisotopic (exact) mass is 395 g/mol. The number of aromatic nitrogens is 1. The van der Waals surface area contributed by atoms with Gasteiger partial charge in [-0.05, 0) is 24.6 Å². The Morgan fingerprint density at radius 2 is 1.97 bits per heavy atom. The number of carbonyl (C=O) groups excluding carboxylic acids is 2. The van der Waals surface area contributed by atoms with E-state index >= 15 is 0 Å². The van der Waals surface area contributed by atoms with Crippen molar-refractivity contribution in [3.63, 3.8) is 0 Å². The van der Waals surface area contributed by atoms with Crippen LogP contribution in [0.3, 0.4) is 0 Å². The highest BCUT2D eigenvalue weighted by Crippen LogP contribution is 2.17. The van der Waals surface area contributed by atoms with Gasteiger partial charge < -0.3 is 20.5 Å². The van der Waals surface area contributed by atoms with Crippen molar-refractivity contribution >= 4 is 11.8 Å². The van der Waals surface area contributed by atoms with E-state index in [1.165, 1.54) is 6.20 Å². The van der Waals surface area contributed by atoms with Gasteiger partial charge in [0.05, 0.1) is 36.8 Å². The van der Waals surface area contributed by atoms with Gasteiger partial charge in [0.25, 0.3) is 5.91 Å². The molecular weight excluding hydrogens is 370 g/mol. The molecule has 2 heterocycles. The Morgan fingerprint density at radius 3 is 2.66 bits per heavy atom. The van der Waals surface area contributed by atoms with Crippen molar-refractivity contribution in [1.29, 1.82) is 0 Å². The summed E-state index contributed by atoms with van der Waals surface area (Å²) in [6.07, 6.45) is 5.59. The molecule has 152 valence electrons. The number of aliphatic hydroxyl groups is 1. The number of amides is 2. The van der Waals surface area contributed by atoms with Crippen LogP contribution >= 0.6 is 0 Å². The minimum absolute atomic E-state index is 0.114. The first kappa shape index (κ1) is 20.7. The number of rotatable bonds is 7. The fourth-order valence-electron chi connectivity index (χ4n) is 3.18. The van der Waals surface area contributed by atoms with Gasteiger partial charge in [-0.2, -0.15) is 0 Å². The first-order valence-electron chi connectivity index (χ1n) is 9.56. The molecule has 1 aliphatic rings. The second kappa shape index (κ2) is 9.95. The van der Waals surface area contributed by atoms with Gasteiger partial charge in [0.15, 0.2) is 0 Å². The zero-order chi connectivity index (χ0) is 20.6. The molecule has 0 saturated heterocycles. The number of hydrogen-bond acceptors (Lipinski definition) is 5. The van der Waals surface area contributed by atoms with E-state index < -0.39 is 18.2 Å². The molecule has 3 rings (SSSR count). The second-order valence-electron chi connectivity index (χ2n) is 6.93. The maximum absolute atomic E-state index is 12.4. The summed E-state index contributed by atoms with van der Waals surface area (Å²) in [5, 5.41) is 15.4. The maximum atomic E-state index is 12.4. The van der Waals surface area contributed by atoms with Gasteiger partial charge in [-0.15, -0.1) is 0 Å². The number of aliphatic hydroxyl groups excluding tert-OH is 1. The first-order chi connectivity index (χ1) is 14.1. The molecular formula is C22H25N3O4. The SMILES string of the molecule is C[C@@H](NC(=O)C[C@@H]1C=C[C@H](NC(=O)c2cccnc2)[C@@H](CO)O1)c1ccccc1. The zero-order valence-electron chi connectivity index (χ0n) is 16.2. The largest absolute Gasteiger partial charge is 0.394 e. The van der Waals surface area contributed by atoms with Crippen LogP contribution in [-0.4, -0.2) is 46.8 Å². The van der Waals surface area contributed by atoms with Gasteiger partial charge >= 0.3 is 0 Å². The van der Waals surface area contributed by atoms with E-state index in [0.717, 1.165) is 5.56 Å². The topological polar surface area (TPSA) is 101 Å². The Kier molecular flexibility index (Phi) is 7.10. The number of ether oxygens (including phenoxy) is 1. The van der Waals surface area contributed by atoms with E-state index in [-0.39, 0.29) is 30.9 Å². The molecule has 7 nitrogen and oxygen atoms in total. The lowest BCUT2D eigenvalue weighted by atomic mass is 10.0. The van der Waals surface area contributed by atoms with Crippen molar-refractivity contribution in [3.05, 3.63) is 78.1 Å². The third kappa shape index (κ3) is 5.73. The number of pyridine rings is 1. The van der Waals surface area contributed by atoms with Gasteiger partial charge in [0, 0.05) is 12.4 Å². The van der Waals surface area contributed by atoms with Crippen LogP contribution in [-0.2, 0) is 9.53 Å². The summed E-state index contributed by atoms with van der Waals surface area (Å²) >= 11 is 0. The summed E-state index contributed by atoms with van der Waals surface area (Å²) in [4.78, 5) is 28.6. The minimum atomic E-state index is -0.634. The Bertz CT molecular complexity index is 842. The number of benzene rings is 1. The van der Waals surface area contributed by atoms with E-state index in [1.807, 2.05) is 37.3 Å². The van der Waals surface area contributed by atoms with Gasteiger partial charge in [0.1, 0.15) is 6.10 Å². The number of nitrogens with one attached hydrogen (secondary N) is 2. The van der Waals surface area contributed by atoms with Crippen LogP contribution in [0, 0.1) is 0 Å². The molecule has 0 aliphatic carbocycles. The highest BCUT2D eigenvalue weighted by Gasteiger charge is 2.29. The molecule has 2 aromatic rings. The summed E-state index contributed by atoms with van der Waals surface area (Å²) in [5.41, 5.74) is 1.45. The van der Waals surface area contributed by atoms with Crippen LogP contribution in [0.25, 0.3) is 0 Å². The summed E-state index contributed by atoms with van der Waals surface area (Å²) in [6, 6.07) is 12.4. The van der Waals surface area contributed by atoms with Crippen LogP contribution in [0.4, 0.5) is 0 Å². The van der Waals surface area contributed by atoms with E-state index in [9.17, 15) is 14.7 Å². The van der Waals surface area contributed by atoms with Crippen LogP contribution in [0.2, 0.25) is 0 Å². The molecule has 29 heavy (non-hydrogen) atoms. The molecule has 0 spiro atoms. The summed E-state index contributed by atoms with van der Waals surface area (Å²) in [6.45, 7) is 1.65. The Labute approximate surface area is 169 Å². The quantitative estimate of drug-likeness (QED) is 0.621. The van der Waals surface area contributed by atoms with Gasteiger partial charge in [-0.1, -0.05) is 42.5 Å². The number of hydrogen-bond donors (Lipinski definition) is 3. The molecule has 7 heteroatoms. The van der Waals surface area contributed by atoms with Crippen molar-refractivity contribution in [2.45, 2.75) is 37.6 Å². The van der Waals surface area contributed by atoms with E-state index in [2.05, 4.69) is 15.6 Å². The van der Waals surface area contributed by atoms with Crippen molar-refractivity contribution < 1.29 is 19.4 Å². The predicted molar refractivity (Wildman–Crippen MR) is 108 cm³/mol. The fraction of sp³-hybridized carbons (Fsp3) is 0.318. The maximum Gasteiger partial charge on any atom is 0.253 e. The Hall–Kier alpha value is -3.03. The lowest BCUT2D eigenvalue weighted by Crippen LogP contribution is -2.49. The lowest BCUT2D eigenvalue weighted by Gasteiger charge is -2.31. The molecule has 0 radical (unpaired) electrons. The standard InChI is InChI=1S/C22H25N3O4/c1-15(16-6-3-2-4-7-16)24-21(27)12-18-9-10-19(20(14-26)29-18)25-22(28)17-8-5-11-23-13-17/h2-11,13,15,18-20,26H,12,14H2,1H3,(H,24,27)(H,25,28)/t15-,18+,19+,20-/m1/s1. The number of nitrogens with zero attached hydrogens (tertiary/aromatic N) is 1. The molecule has 1 aliphatic heterocycles. The average Bonchev–Trinajstić information content (AvgIpc) is 2.75. The van der Waals surface area contributed by atoms with Crippen molar-refractivity contribution in [2.75, 3.05) is 6.61 Å². The highest BCUT2D eigenvalue weighted by atomic mass is 16.5. The Morgan fingerprint density at radius 1 is 1.17 bits per heavy atom. The smallest absolute Gasteiger partial charge is 0.253 e. The fourth-order valence-corrected chi connectivity index (χ4v) is 3.18. The summed E-state index contributed by atoms with van der Waals surface area (Å²) in [5.74, 6) is -0.451. The lowest BCUT2D eigenvalue weighted by molar-refractivity contribution is -0.126. The molecule has 3 N–H and O–H groups in total. The highest BCUT2D eigenvalue weighted by molar-refractivity contribution is 5.94. The zero-order valence-corrected chi connectivity index (χ0v) is 16.2. The van der Waals surface area contributed by atoms with Crippen molar-refractivity contribution in [1.82, 2.24) is 15.6 Å². The van der Waals surface area contributed by atoms with Crippen LogP contribution in [0.15, 0.2) is 67.0 Å². The first-order valence-corrected chi connectivity index (χ1v) is 9.56. The van der Waals surface area contributed by atoms with Gasteiger partial charge in [-0.3, -0.25) is 14.6 Å². The van der Waals surface area contributed by atoms with Gasteiger partial charge in [-0.25, -0.2) is 0 Å². The normalized spacial score (nSPS) is 21.9. The molecule has 0 unspecified atom stereocenters. The molecule has 1 aromatic carbocycles. The van der Waals surface area contributed by atoms with Crippen LogP contribution in [0.5, 0.6) is 0 Å². The van der Waals surface area contributed by atoms with E-state index in [1.54, 1.807) is 30.5 Å². The Balaban J connectivity index is 1.55. The van der Waals surface area contributed by atoms with E-state index in [0.29, 0.717) is 5.56 Å².